The zero-order chi connectivity index (χ0) is 11.3. The molecule has 3 rings (SSSR count). The van der Waals surface area contributed by atoms with Crippen LogP contribution in [0.5, 0.6) is 0 Å². The molecule has 0 amide bonds. The predicted molar refractivity (Wildman–Crippen MR) is 61.2 cm³/mol. The van der Waals surface area contributed by atoms with Gasteiger partial charge in [0, 0.05) is 5.92 Å². The summed E-state index contributed by atoms with van der Waals surface area (Å²) in [5.74, 6) is 1.05. The van der Waals surface area contributed by atoms with Crippen molar-refractivity contribution in [2.45, 2.75) is 38.2 Å². The van der Waals surface area contributed by atoms with E-state index in [9.17, 15) is 5.11 Å². The smallest absolute Gasteiger partial charge is 0.198 e. The van der Waals surface area contributed by atoms with Gasteiger partial charge in [-0.2, -0.15) is 0 Å². The average Bonchev–Trinajstić information content (AvgIpc) is 2.86. The molecule has 0 saturated heterocycles. The van der Waals surface area contributed by atoms with Crippen LogP contribution in [0, 0.1) is 0 Å². The van der Waals surface area contributed by atoms with Gasteiger partial charge in [0.1, 0.15) is 5.52 Å². The molecule has 0 atom stereocenters. The quantitative estimate of drug-likeness (QED) is 0.841. The van der Waals surface area contributed by atoms with E-state index in [4.69, 9.17) is 4.42 Å². The Bertz CT molecular complexity index is 538. The maximum atomic E-state index is 10.0. The molecule has 1 aliphatic rings. The van der Waals surface area contributed by atoms with Crippen LogP contribution >= 0.6 is 0 Å². The Balaban J connectivity index is 2.10. The lowest BCUT2D eigenvalue weighted by molar-refractivity contribution is 0.151. The molecule has 84 valence electrons. The van der Waals surface area contributed by atoms with Gasteiger partial charge in [0.05, 0.1) is 5.60 Å². The van der Waals surface area contributed by atoms with Gasteiger partial charge in [0.2, 0.25) is 0 Å². The summed E-state index contributed by atoms with van der Waals surface area (Å²) in [4.78, 5) is 4.44. The number of benzene rings is 1. The van der Waals surface area contributed by atoms with E-state index in [0.29, 0.717) is 5.92 Å². The highest BCUT2D eigenvalue weighted by Crippen LogP contribution is 2.45. The highest BCUT2D eigenvalue weighted by atomic mass is 16.3. The molecule has 1 saturated carbocycles. The maximum Gasteiger partial charge on any atom is 0.198 e. The van der Waals surface area contributed by atoms with Crippen LogP contribution in [0.3, 0.4) is 0 Å². The number of oxazole rings is 1. The van der Waals surface area contributed by atoms with Gasteiger partial charge in [-0.3, -0.25) is 0 Å². The second-order valence-corrected chi connectivity index (χ2v) is 4.92. The normalized spacial score (nSPS) is 18.2. The van der Waals surface area contributed by atoms with Crippen LogP contribution in [0.15, 0.2) is 22.6 Å². The third-order valence-corrected chi connectivity index (χ3v) is 3.16. The van der Waals surface area contributed by atoms with E-state index in [1.165, 1.54) is 0 Å². The summed E-state index contributed by atoms with van der Waals surface area (Å²) in [5.41, 5.74) is 2.02. The zero-order valence-corrected chi connectivity index (χ0v) is 9.53. The van der Waals surface area contributed by atoms with E-state index in [2.05, 4.69) is 18.8 Å². The monoisotopic (exact) mass is 217 g/mol. The lowest BCUT2D eigenvalue weighted by Gasteiger charge is -2.06. The van der Waals surface area contributed by atoms with E-state index < -0.39 is 5.60 Å². The van der Waals surface area contributed by atoms with Crippen molar-refractivity contribution in [2.24, 2.45) is 0 Å². The van der Waals surface area contributed by atoms with Crippen molar-refractivity contribution in [1.82, 2.24) is 4.98 Å². The topological polar surface area (TPSA) is 46.3 Å². The number of aromatic nitrogens is 1. The molecule has 0 spiro atoms. The van der Waals surface area contributed by atoms with Crippen molar-refractivity contribution in [2.75, 3.05) is 0 Å². The van der Waals surface area contributed by atoms with Crippen LogP contribution in [-0.4, -0.2) is 10.1 Å². The van der Waals surface area contributed by atoms with Crippen molar-refractivity contribution in [3.8, 4) is 0 Å². The number of hydrogen-bond donors (Lipinski definition) is 1. The van der Waals surface area contributed by atoms with Crippen molar-refractivity contribution >= 4 is 11.1 Å². The molecule has 0 bridgehead atoms. The first-order valence-electron chi connectivity index (χ1n) is 5.72. The molecule has 1 N–H and O–H groups in total. The van der Waals surface area contributed by atoms with Crippen molar-refractivity contribution in [1.29, 1.82) is 0 Å². The first-order valence-corrected chi connectivity index (χ1v) is 5.72. The van der Waals surface area contributed by atoms with Gasteiger partial charge in [-0.1, -0.05) is 19.9 Å². The molecule has 0 radical (unpaired) electrons. The van der Waals surface area contributed by atoms with Crippen LogP contribution < -0.4 is 0 Å². The third kappa shape index (κ3) is 1.43. The van der Waals surface area contributed by atoms with Crippen LogP contribution in [-0.2, 0) is 5.60 Å². The summed E-state index contributed by atoms with van der Waals surface area (Å²) in [6, 6.07) is 5.78. The molecule has 2 aromatic rings. The lowest BCUT2D eigenvalue weighted by Crippen LogP contribution is -2.03. The van der Waals surface area contributed by atoms with E-state index in [1.54, 1.807) is 0 Å². The molecule has 0 aliphatic heterocycles. The number of aliphatic hydroxyl groups is 1. The maximum absolute atomic E-state index is 10.0. The Morgan fingerprint density at radius 1 is 1.38 bits per heavy atom. The fraction of sp³-hybridized carbons (Fsp3) is 0.462. The molecular formula is C13H15NO2. The SMILES string of the molecule is CC(C)c1nc2cc(C3(O)CC3)ccc2o1. The second kappa shape index (κ2) is 3.08. The van der Waals surface area contributed by atoms with Crippen molar-refractivity contribution < 1.29 is 9.52 Å². The number of nitrogens with zero attached hydrogens (tertiary/aromatic N) is 1. The standard InChI is InChI=1S/C13H15NO2/c1-8(2)12-14-10-7-9(13(15)5-6-13)3-4-11(10)16-12/h3-4,7-8,15H,5-6H2,1-2H3. The minimum absolute atomic E-state index is 0.292. The molecule has 1 fully saturated rings. The zero-order valence-electron chi connectivity index (χ0n) is 9.53. The Labute approximate surface area is 94.1 Å². The van der Waals surface area contributed by atoms with E-state index >= 15 is 0 Å². The number of rotatable bonds is 2. The number of fused-ring (bicyclic) bond motifs is 1. The Morgan fingerprint density at radius 3 is 2.75 bits per heavy atom. The fourth-order valence-corrected chi connectivity index (χ4v) is 1.89. The molecule has 1 aromatic heterocycles. The third-order valence-electron chi connectivity index (χ3n) is 3.16. The van der Waals surface area contributed by atoms with Gasteiger partial charge in [-0.05, 0) is 30.5 Å². The van der Waals surface area contributed by atoms with Gasteiger partial charge < -0.3 is 9.52 Å². The Kier molecular flexibility index (Phi) is 1.89. The van der Waals surface area contributed by atoms with Gasteiger partial charge in [-0.15, -0.1) is 0 Å². The summed E-state index contributed by atoms with van der Waals surface area (Å²) in [6.07, 6.45) is 1.71. The molecule has 16 heavy (non-hydrogen) atoms. The molecular weight excluding hydrogens is 202 g/mol. The van der Waals surface area contributed by atoms with Gasteiger partial charge in [-0.25, -0.2) is 4.98 Å². The second-order valence-electron chi connectivity index (χ2n) is 4.92. The summed E-state index contributed by atoms with van der Waals surface area (Å²) < 4.78 is 5.62. The minimum atomic E-state index is -0.592. The molecule has 3 heteroatoms. The van der Waals surface area contributed by atoms with Gasteiger partial charge in [0.15, 0.2) is 11.5 Å². The Morgan fingerprint density at radius 2 is 2.12 bits per heavy atom. The molecule has 1 aromatic carbocycles. The van der Waals surface area contributed by atoms with Crippen LogP contribution in [0.2, 0.25) is 0 Å². The van der Waals surface area contributed by atoms with Crippen LogP contribution in [0.4, 0.5) is 0 Å². The summed E-state index contributed by atoms with van der Waals surface area (Å²) >= 11 is 0. The van der Waals surface area contributed by atoms with Gasteiger partial charge in [0.25, 0.3) is 0 Å². The highest BCUT2D eigenvalue weighted by molar-refractivity contribution is 5.74. The lowest BCUT2D eigenvalue weighted by atomic mass is 10.1. The van der Waals surface area contributed by atoms with E-state index in [0.717, 1.165) is 35.4 Å². The summed E-state index contributed by atoms with van der Waals surface area (Å²) in [7, 11) is 0. The Hall–Kier alpha value is -1.35. The average molecular weight is 217 g/mol. The van der Waals surface area contributed by atoms with Crippen LogP contribution in [0.1, 0.15) is 44.1 Å². The summed E-state index contributed by atoms with van der Waals surface area (Å²) in [6.45, 7) is 4.11. The van der Waals surface area contributed by atoms with Crippen molar-refractivity contribution in [3.63, 3.8) is 0 Å². The molecule has 1 aliphatic carbocycles. The molecule has 0 unspecified atom stereocenters. The first-order chi connectivity index (χ1) is 7.58. The molecule has 3 nitrogen and oxygen atoms in total. The van der Waals surface area contributed by atoms with E-state index in [-0.39, 0.29) is 0 Å². The largest absolute Gasteiger partial charge is 0.440 e. The number of hydrogen-bond acceptors (Lipinski definition) is 3. The summed E-state index contributed by atoms with van der Waals surface area (Å²) in [5, 5.41) is 10.0. The van der Waals surface area contributed by atoms with Gasteiger partial charge >= 0.3 is 0 Å². The predicted octanol–water partition coefficient (Wildman–Crippen LogP) is 2.93. The fourth-order valence-electron chi connectivity index (χ4n) is 1.89. The van der Waals surface area contributed by atoms with Crippen molar-refractivity contribution in [3.05, 3.63) is 29.7 Å². The van der Waals surface area contributed by atoms with Crippen LogP contribution in [0.25, 0.3) is 11.1 Å². The first kappa shape index (κ1) is 9.85. The van der Waals surface area contributed by atoms with E-state index in [1.807, 2.05) is 18.2 Å². The highest BCUT2D eigenvalue weighted by Gasteiger charge is 2.42. The molecule has 1 heterocycles. The minimum Gasteiger partial charge on any atom is -0.440 e.